The van der Waals surface area contributed by atoms with Gasteiger partial charge in [-0.25, -0.2) is 4.99 Å². The van der Waals surface area contributed by atoms with Crippen LogP contribution in [0.15, 0.2) is 45.8 Å². The number of nitrogens with zero attached hydrogens (tertiary/aromatic N) is 1. The normalized spacial score (nSPS) is 13.8. The van der Waals surface area contributed by atoms with Crippen LogP contribution in [0.3, 0.4) is 0 Å². The molecule has 2 heterocycles. The zero-order valence-electron chi connectivity index (χ0n) is 17.5. The summed E-state index contributed by atoms with van der Waals surface area (Å²) in [4.78, 5) is 7.99. The number of aliphatic hydroxyl groups is 1. The Kier molecular flexibility index (Phi) is 8.15. The molecule has 1 aromatic carbocycles. The highest BCUT2D eigenvalue weighted by atomic mass is 127. The number of aliphatic imine (C=N–C) groups is 1. The van der Waals surface area contributed by atoms with E-state index in [1.54, 1.807) is 13.0 Å². The van der Waals surface area contributed by atoms with Crippen LogP contribution in [0.4, 0.5) is 0 Å². The van der Waals surface area contributed by atoms with Crippen LogP contribution in [0.1, 0.15) is 36.6 Å². The van der Waals surface area contributed by atoms with E-state index in [1.165, 1.54) is 22.2 Å². The van der Waals surface area contributed by atoms with Gasteiger partial charge in [-0.2, -0.15) is 0 Å². The molecule has 3 aromatic rings. The number of H-pyrrole nitrogens is 1. The summed E-state index contributed by atoms with van der Waals surface area (Å²) < 4.78 is 5.56. The van der Waals surface area contributed by atoms with E-state index in [4.69, 9.17) is 4.42 Å². The molecule has 0 fully saturated rings. The third-order valence-corrected chi connectivity index (χ3v) is 4.85. The molecule has 1 atom stereocenters. The van der Waals surface area contributed by atoms with E-state index < -0.39 is 5.60 Å². The number of furan rings is 1. The van der Waals surface area contributed by atoms with Gasteiger partial charge in [0.15, 0.2) is 5.96 Å². The van der Waals surface area contributed by atoms with E-state index in [2.05, 4.69) is 45.7 Å². The molecule has 0 saturated carbocycles. The van der Waals surface area contributed by atoms with Crippen molar-refractivity contribution in [1.29, 1.82) is 0 Å². The number of guanidine groups is 1. The van der Waals surface area contributed by atoms with E-state index in [1.807, 2.05) is 26.0 Å². The molecule has 2 aromatic heterocycles. The molecule has 0 saturated heterocycles. The van der Waals surface area contributed by atoms with Gasteiger partial charge in [0, 0.05) is 29.7 Å². The number of rotatable bonds is 7. The number of hydrogen-bond acceptors (Lipinski definition) is 3. The number of halogens is 1. The maximum absolute atomic E-state index is 10.7. The summed E-state index contributed by atoms with van der Waals surface area (Å²) in [5, 5.41) is 18.5. The van der Waals surface area contributed by atoms with Crippen LogP contribution in [0.5, 0.6) is 0 Å². The first-order valence-corrected chi connectivity index (χ1v) is 9.78. The number of nitrogens with one attached hydrogen (secondary N) is 3. The van der Waals surface area contributed by atoms with Gasteiger partial charge in [0.2, 0.25) is 0 Å². The van der Waals surface area contributed by atoms with Crippen LogP contribution in [0.2, 0.25) is 0 Å². The topological polar surface area (TPSA) is 85.6 Å². The number of fused-ring (bicyclic) bond motifs is 1. The molecule has 0 aliphatic heterocycles. The van der Waals surface area contributed by atoms with Crippen molar-refractivity contribution in [1.82, 2.24) is 15.6 Å². The third-order valence-electron chi connectivity index (χ3n) is 4.85. The molecule has 4 N–H and O–H groups in total. The van der Waals surface area contributed by atoms with Crippen molar-refractivity contribution in [2.75, 3.05) is 19.6 Å². The zero-order valence-corrected chi connectivity index (χ0v) is 19.8. The highest BCUT2D eigenvalue weighted by Crippen LogP contribution is 2.23. The Morgan fingerprint density at radius 3 is 2.62 bits per heavy atom. The summed E-state index contributed by atoms with van der Waals surface area (Å²) in [7, 11) is 0. The first-order chi connectivity index (χ1) is 13.4. The second kappa shape index (κ2) is 10.2. The summed E-state index contributed by atoms with van der Waals surface area (Å²) in [5.74, 6) is 1.99. The van der Waals surface area contributed by atoms with Crippen LogP contribution in [0, 0.1) is 13.8 Å². The molecular weight excluding hydrogens is 479 g/mol. The van der Waals surface area contributed by atoms with E-state index in [0.29, 0.717) is 11.7 Å². The lowest BCUT2D eigenvalue weighted by atomic mass is 10.0. The number of para-hydroxylation sites is 1. The number of aryl methyl sites for hydroxylation is 2. The van der Waals surface area contributed by atoms with Crippen molar-refractivity contribution in [2.45, 2.75) is 39.7 Å². The number of hydrogen-bond donors (Lipinski definition) is 4. The smallest absolute Gasteiger partial charge is 0.191 e. The number of aromatic amines is 1. The lowest BCUT2D eigenvalue weighted by molar-refractivity contribution is 0.0428. The van der Waals surface area contributed by atoms with Gasteiger partial charge >= 0.3 is 0 Å². The fourth-order valence-corrected chi connectivity index (χ4v) is 3.34. The standard InChI is InChI=1S/C22H30N4O2.HI/c1-5-23-21(25-14-22(4,27)20-11-10-15(2)28-20)24-13-12-17-16(3)26-19-9-7-6-8-18(17)19;/h6-11,26-27H,5,12-14H2,1-4H3,(H2,23,24,25);1H. The van der Waals surface area contributed by atoms with Crippen molar-refractivity contribution in [2.24, 2.45) is 4.99 Å². The molecule has 0 bridgehead atoms. The second-order valence-corrected chi connectivity index (χ2v) is 7.33. The molecule has 158 valence electrons. The molecule has 3 rings (SSSR count). The Morgan fingerprint density at radius 1 is 1.17 bits per heavy atom. The molecule has 6 nitrogen and oxygen atoms in total. The Labute approximate surface area is 189 Å². The average molecular weight is 510 g/mol. The fraction of sp³-hybridized carbons (Fsp3) is 0.409. The molecule has 29 heavy (non-hydrogen) atoms. The largest absolute Gasteiger partial charge is 0.463 e. The molecule has 0 aliphatic carbocycles. The van der Waals surface area contributed by atoms with E-state index in [9.17, 15) is 5.11 Å². The summed E-state index contributed by atoms with van der Waals surface area (Å²) in [6.07, 6.45) is 0.883. The molecule has 7 heteroatoms. The van der Waals surface area contributed by atoms with Gasteiger partial charge in [-0.1, -0.05) is 18.2 Å². The van der Waals surface area contributed by atoms with Crippen molar-refractivity contribution >= 4 is 40.8 Å². The van der Waals surface area contributed by atoms with E-state index in [-0.39, 0.29) is 30.5 Å². The Morgan fingerprint density at radius 2 is 1.93 bits per heavy atom. The minimum Gasteiger partial charge on any atom is -0.463 e. The monoisotopic (exact) mass is 510 g/mol. The van der Waals surface area contributed by atoms with Gasteiger partial charge in [0.05, 0.1) is 6.54 Å². The summed E-state index contributed by atoms with van der Waals surface area (Å²) >= 11 is 0. The molecule has 0 spiro atoms. The molecule has 0 radical (unpaired) electrons. The molecule has 0 amide bonds. The van der Waals surface area contributed by atoms with Crippen LogP contribution in [0.25, 0.3) is 10.9 Å². The van der Waals surface area contributed by atoms with Crippen LogP contribution in [-0.4, -0.2) is 35.7 Å². The van der Waals surface area contributed by atoms with Gasteiger partial charge in [0.25, 0.3) is 0 Å². The van der Waals surface area contributed by atoms with Gasteiger partial charge in [-0.15, -0.1) is 24.0 Å². The zero-order chi connectivity index (χ0) is 20.1. The highest BCUT2D eigenvalue weighted by molar-refractivity contribution is 14.0. The average Bonchev–Trinajstić information content (AvgIpc) is 3.23. The summed E-state index contributed by atoms with van der Waals surface area (Å²) in [6, 6.07) is 12.0. The van der Waals surface area contributed by atoms with Crippen molar-refractivity contribution in [3.05, 3.63) is 59.2 Å². The second-order valence-electron chi connectivity index (χ2n) is 7.33. The van der Waals surface area contributed by atoms with Crippen molar-refractivity contribution < 1.29 is 9.52 Å². The minimum atomic E-state index is -1.15. The lowest BCUT2D eigenvalue weighted by Crippen LogP contribution is -2.39. The van der Waals surface area contributed by atoms with E-state index in [0.717, 1.165) is 25.3 Å². The van der Waals surface area contributed by atoms with Gasteiger partial charge in [-0.3, -0.25) is 0 Å². The first-order valence-electron chi connectivity index (χ1n) is 9.78. The van der Waals surface area contributed by atoms with Crippen LogP contribution >= 0.6 is 24.0 Å². The summed E-state index contributed by atoms with van der Waals surface area (Å²) in [6.45, 7) is 9.42. The fourth-order valence-electron chi connectivity index (χ4n) is 3.34. The molecular formula is C22H31IN4O2. The van der Waals surface area contributed by atoms with Gasteiger partial charge < -0.3 is 25.1 Å². The number of benzene rings is 1. The Bertz CT molecular complexity index is 959. The van der Waals surface area contributed by atoms with E-state index >= 15 is 0 Å². The van der Waals surface area contributed by atoms with Gasteiger partial charge in [-0.05, 0) is 57.9 Å². The third kappa shape index (κ3) is 5.76. The Balaban J connectivity index is 0.00000300. The maximum Gasteiger partial charge on any atom is 0.191 e. The van der Waals surface area contributed by atoms with Crippen molar-refractivity contribution in [3.8, 4) is 0 Å². The minimum absolute atomic E-state index is 0. The molecule has 0 aliphatic rings. The molecule has 1 unspecified atom stereocenters. The quantitative estimate of drug-likeness (QED) is 0.220. The van der Waals surface area contributed by atoms with Crippen LogP contribution in [-0.2, 0) is 12.0 Å². The Hall–Kier alpha value is -2.00. The van der Waals surface area contributed by atoms with Crippen LogP contribution < -0.4 is 10.6 Å². The predicted octanol–water partition coefficient (Wildman–Crippen LogP) is 4.00. The van der Waals surface area contributed by atoms with Crippen molar-refractivity contribution in [3.63, 3.8) is 0 Å². The number of aromatic nitrogens is 1. The lowest BCUT2D eigenvalue weighted by Gasteiger charge is -2.19. The predicted molar refractivity (Wildman–Crippen MR) is 129 cm³/mol. The first kappa shape index (κ1) is 23.3. The summed E-state index contributed by atoms with van der Waals surface area (Å²) in [5.41, 5.74) is 2.53. The van der Waals surface area contributed by atoms with Gasteiger partial charge in [0.1, 0.15) is 17.1 Å². The highest BCUT2D eigenvalue weighted by Gasteiger charge is 2.26. The maximum atomic E-state index is 10.7. The SMILES string of the molecule is CCNC(=NCC(C)(O)c1ccc(C)o1)NCCc1c(C)[nH]c2ccccc12.I.